The van der Waals surface area contributed by atoms with Crippen LogP contribution in [0.25, 0.3) is 0 Å². The highest BCUT2D eigenvalue weighted by molar-refractivity contribution is 7.15. The van der Waals surface area contributed by atoms with E-state index in [1.165, 1.54) is 22.1 Å². The van der Waals surface area contributed by atoms with Crippen LogP contribution in [0.4, 0.5) is 5.13 Å². The number of thiazole rings is 1. The predicted molar refractivity (Wildman–Crippen MR) is 87.9 cm³/mol. The molecule has 2 heterocycles. The van der Waals surface area contributed by atoms with Gasteiger partial charge in [0.1, 0.15) is 0 Å². The van der Waals surface area contributed by atoms with Crippen molar-refractivity contribution in [3.8, 4) is 0 Å². The largest absolute Gasteiger partial charge is 0.346 e. The third-order valence-corrected chi connectivity index (χ3v) is 5.01. The molecule has 1 aromatic heterocycles. The Morgan fingerprint density at radius 2 is 2.10 bits per heavy atom. The lowest BCUT2D eigenvalue weighted by molar-refractivity contribution is 0.315. The predicted octanol–water partition coefficient (Wildman–Crippen LogP) is 2.30. The monoisotopic (exact) mass is 296 g/mol. The molecule has 1 aromatic rings. The third-order valence-electron chi connectivity index (χ3n) is 3.90. The molecule has 0 aromatic carbocycles. The molecule has 0 amide bonds. The standard InChI is InChI=1S/C15H28N4S/c1-15(2,3)13-12(9-16-4)20-14(17-13)19-8-7-11(10-19)18(5)6/h11,16H,7-10H2,1-6H3. The van der Waals surface area contributed by atoms with E-state index in [2.05, 4.69) is 50.0 Å². The van der Waals surface area contributed by atoms with Crippen LogP contribution in [0.5, 0.6) is 0 Å². The molecule has 1 unspecified atom stereocenters. The maximum atomic E-state index is 4.96. The van der Waals surface area contributed by atoms with Crippen molar-refractivity contribution in [2.24, 2.45) is 0 Å². The van der Waals surface area contributed by atoms with Gasteiger partial charge < -0.3 is 15.1 Å². The highest BCUT2D eigenvalue weighted by Gasteiger charge is 2.29. The van der Waals surface area contributed by atoms with E-state index in [-0.39, 0.29) is 5.41 Å². The summed E-state index contributed by atoms with van der Waals surface area (Å²) in [6, 6.07) is 0.657. The van der Waals surface area contributed by atoms with E-state index in [1.54, 1.807) is 0 Å². The number of hydrogen-bond acceptors (Lipinski definition) is 5. The summed E-state index contributed by atoms with van der Waals surface area (Å²) in [6.07, 6.45) is 1.23. The first kappa shape index (κ1) is 15.7. The van der Waals surface area contributed by atoms with E-state index in [0.717, 1.165) is 19.6 Å². The van der Waals surface area contributed by atoms with E-state index in [9.17, 15) is 0 Å². The molecular weight excluding hydrogens is 268 g/mol. The van der Waals surface area contributed by atoms with Gasteiger partial charge in [-0.25, -0.2) is 4.98 Å². The summed E-state index contributed by atoms with van der Waals surface area (Å²) in [5.41, 5.74) is 1.36. The van der Waals surface area contributed by atoms with Gasteiger partial charge in [0.05, 0.1) is 5.69 Å². The van der Waals surface area contributed by atoms with Crippen LogP contribution in [0.2, 0.25) is 0 Å². The molecule has 1 N–H and O–H groups in total. The van der Waals surface area contributed by atoms with Gasteiger partial charge >= 0.3 is 0 Å². The number of aromatic nitrogens is 1. The lowest BCUT2D eigenvalue weighted by Gasteiger charge is -2.20. The van der Waals surface area contributed by atoms with Gasteiger partial charge in [0.2, 0.25) is 0 Å². The zero-order chi connectivity index (χ0) is 14.9. The Morgan fingerprint density at radius 1 is 1.40 bits per heavy atom. The Morgan fingerprint density at radius 3 is 2.60 bits per heavy atom. The second-order valence-corrected chi connectivity index (χ2v) is 7.96. The van der Waals surface area contributed by atoms with Gasteiger partial charge in [0, 0.05) is 36.0 Å². The molecule has 1 aliphatic rings. The number of likely N-dealkylation sites (N-methyl/N-ethyl adjacent to an activating group) is 1. The Balaban J connectivity index is 2.21. The highest BCUT2D eigenvalue weighted by atomic mass is 32.1. The van der Waals surface area contributed by atoms with E-state index < -0.39 is 0 Å². The van der Waals surface area contributed by atoms with Crippen molar-refractivity contribution in [3.05, 3.63) is 10.6 Å². The molecule has 0 saturated carbocycles. The van der Waals surface area contributed by atoms with Crippen molar-refractivity contribution in [2.45, 2.75) is 45.2 Å². The van der Waals surface area contributed by atoms with Gasteiger partial charge in [-0.05, 0) is 27.6 Å². The molecule has 1 saturated heterocycles. The van der Waals surface area contributed by atoms with Crippen molar-refractivity contribution in [1.82, 2.24) is 15.2 Å². The molecule has 114 valence electrons. The lowest BCUT2D eigenvalue weighted by Crippen LogP contribution is -2.31. The number of nitrogens with zero attached hydrogens (tertiary/aromatic N) is 3. The molecule has 0 spiro atoms. The molecule has 4 nitrogen and oxygen atoms in total. The zero-order valence-electron chi connectivity index (χ0n) is 13.7. The van der Waals surface area contributed by atoms with E-state index in [1.807, 2.05) is 18.4 Å². The van der Waals surface area contributed by atoms with E-state index in [0.29, 0.717) is 6.04 Å². The second-order valence-electron chi connectivity index (χ2n) is 6.90. The van der Waals surface area contributed by atoms with E-state index in [4.69, 9.17) is 4.98 Å². The van der Waals surface area contributed by atoms with Crippen molar-refractivity contribution >= 4 is 16.5 Å². The van der Waals surface area contributed by atoms with Gasteiger partial charge in [0.15, 0.2) is 5.13 Å². The fraction of sp³-hybridized carbons (Fsp3) is 0.800. The quantitative estimate of drug-likeness (QED) is 0.924. The average molecular weight is 296 g/mol. The first-order valence-electron chi connectivity index (χ1n) is 7.39. The maximum Gasteiger partial charge on any atom is 0.185 e. The average Bonchev–Trinajstić information content (AvgIpc) is 2.93. The summed E-state index contributed by atoms with van der Waals surface area (Å²) in [5.74, 6) is 0. The first-order chi connectivity index (χ1) is 9.32. The molecule has 0 radical (unpaired) electrons. The Kier molecular flexibility index (Phi) is 4.72. The maximum absolute atomic E-state index is 4.96. The van der Waals surface area contributed by atoms with Crippen LogP contribution in [-0.4, -0.2) is 50.2 Å². The topological polar surface area (TPSA) is 31.4 Å². The van der Waals surface area contributed by atoms with Crippen LogP contribution >= 0.6 is 11.3 Å². The van der Waals surface area contributed by atoms with Crippen LogP contribution in [0.15, 0.2) is 0 Å². The summed E-state index contributed by atoms with van der Waals surface area (Å²) in [7, 11) is 6.34. The first-order valence-corrected chi connectivity index (χ1v) is 8.20. The van der Waals surface area contributed by atoms with Crippen molar-refractivity contribution in [2.75, 3.05) is 39.1 Å². The smallest absolute Gasteiger partial charge is 0.185 e. The summed E-state index contributed by atoms with van der Waals surface area (Å²) in [4.78, 5) is 11.1. The molecule has 1 aliphatic heterocycles. The number of hydrogen-bond donors (Lipinski definition) is 1. The van der Waals surface area contributed by atoms with Crippen molar-refractivity contribution < 1.29 is 0 Å². The van der Waals surface area contributed by atoms with Gasteiger partial charge in [0.25, 0.3) is 0 Å². The summed E-state index contributed by atoms with van der Waals surface area (Å²) in [5, 5.41) is 4.47. The summed E-state index contributed by atoms with van der Waals surface area (Å²) < 4.78 is 0. The van der Waals surface area contributed by atoms with Gasteiger partial charge in [-0.15, -0.1) is 11.3 Å². The number of rotatable bonds is 4. The summed E-state index contributed by atoms with van der Waals surface area (Å²) in [6.45, 7) is 9.88. The Bertz CT molecular complexity index is 447. The van der Waals surface area contributed by atoms with Crippen LogP contribution in [0.3, 0.4) is 0 Å². The minimum Gasteiger partial charge on any atom is -0.346 e. The molecule has 1 fully saturated rings. The SMILES string of the molecule is CNCc1sc(N2CCC(N(C)C)C2)nc1C(C)(C)C. The molecule has 0 aliphatic carbocycles. The number of nitrogens with one attached hydrogen (secondary N) is 1. The van der Waals surface area contributed by atoms with E-state index >= 15 is 0 Å². The normalized spacial score (nSPS) is 20.1. The van der Waals surface area contributed by atoms with Crippen molar-refractivity contribution in [1.29, 1.82) is 0 Å². The molecule has 5 heteroatoms. The van der Waals surface area contributed by atoms with Gasteiger partial charge in [-0.2, -0.15) is 0 Å². The van der Waals surface area contributed by atoms with Crippen LogP contribution < -0.4 is 10.2 Å². The molecule has 2 rings (SSSR count). The Labute approximate surface area is 127 Å². The second kappa shape index (κ2) is 6.00. The van der Waals surface area contributed by atoms with Crippen LogP contribution in [0.1, 0.15) is 37.8 Å². The summed E-state index contributed by atoms with van der Waals surface area (Å²) >= 11 is 1.86. The molecule has 20 heavy (non-hydrogen) atoms. The van der Waals surface area contributed by atoms with Crippen LogP contribution in [0, 0.1) is 0 Å². The third kappa shape index (κ3) is 3.32. The molecular formula is C15H28N4S. The highest BCUT2D eigenvalue weighted by Crippen LogP contribution is 2.35. The minimum atomic E-state index is 0.113. The molecule has 0 bridgehead atoms. The van der Waals surface area contributed by atoms with Gasteiger partial charge in [-0.3, -0.25) is 0 Å². The molecule has 1 atom stereocenters. The fourth-order valence-corrected chi connectivity index (χ4v) is 4.00. The van der Waals surface area contributed by atoms with Crippen molar-refractivity contribution in [3.63, 3.8) is 0 Å². The number of anilines is 1. The zero-order valence-corrected chi connectivity index (χ0v) is 14.5. The van der Waals surface area contributed by atoms with Crippen LogP contribution in [-0.2, 0) is 12.0 Å². The Hall–Kier alpha value is -0.650. The lowest BCUT2D eigenvalue weighted by atomic mass is 9.91. The van der Waals surface area contributed by atoms with Gasteiger partial charge in [-0.1, -0.05) is 20.8 Å². The minimum absolute atomic E-state index is 0.113. The fourth-order valence-electron chi connectivity index (χ4n) is 2.68.